The predicted octanol–water partition coefficient (Wildman–Crippen LogP) is 1.63. The highest BCUT2D eigenvalue weighted by Gasteiger charge is 2.69. The minimum absolute atomic E-state index is 0.112. The molecular formula is C13H15NO2. The molecule has 3 rings (SSSR count). The van der Waals surface area contributed by atoms with Crippen molar-refractivity contribution in [1.82, 2.24) is 5.32 Å². The third kappa shape index (κ3) is 1.28. The molecule has 1 aliphatic carbocycles. The Labute approximate surface area is 94.9 Å². The number of benzene rings is 1. The maximum atomic E-state index is 11.6. The molecule has 2 aliphatic rings. The summed E-state index contributed by atoms with van der Waals surface area (Å²) in [5.41, 5.74) is 0.451. The van der Waals surface area contributed by atoms with E-state index in [1.807, 2.05) is 44.2 Å². The molecule has 16 heavy (non-hydrogen) atoms. The Hall–Kier alpha value is -1.64. The summed E-state index contributed by atoms with van der Waals surface area (Å²) in [6.45, 7) is 4.00. The van der Waals surface area contributed by atoms with Crippen LogP contribution in [0, 0.1) is 5.92 Å². The molecule has 0 spiro atoms. The van der Waals surface area contributed by atoms with Gasteiger partial charge in [-0.15, -0.1) is 0 Å². The Morgan fingerprint density at radius 1 is 1.19 bits per heavy atom. The minimum Gasteiger partial charge on any atom is -0.295 e. The largest absolute Gasteiger partial charge is 0.295 e. The maximum Gasteiger partial charge on any atom is 0.238 e. The van der Waals surface area contributed by atoms with Crippen LogP contribution in [0.1, 0.15) is 25.8 Å². The molecule has 0 radical (unpaired) electrons. The molecule has 1 aromatic rings. The minimum atomic E-state index is -0.516. The Morgan fingerprint density at radius 2 is 1.81 bits per heavy atom. The molecule has 1 saturated heterocycles. The van der Waals surface area contributed by atoms with Crippen LogP contribution in [0.25, 0.3) is 0 Å². The second-order valence-corrected chi connectivity index (χ2v) is 3.91. The normalized spacial score (nSPS) is 30.0. The highest BCUT2D eigenvalue weighted by Crippen LogP contribution is 2.57. The van der Waals surface area contributed by atoms with Crippen molar-refractivity contribution < 1.29 is 9.59 Å². The van der Waals surface area contributed by atoms with Crippen LogP contribution >= 0.6 is 0 Å². The van der Waals surface area contributed by atoms with E-state index < -0.39 is 5.41 Å². The molecule has 2 amide bonds. The maximum absolute atomic E-state index is 11.6. The van der Waals surface area contributed by atoms with Gasteiger partial charge < -0.3 is 0 Å². The Morgan fingerprint density at radius 3 is 2.25 bits per heavy atom. The van der Waals surface area contributed by atoms with Crippen molar-refractivity contribution in [3.63, 3.8) is 0 Å². The molecule has 84 valence electrons. The van der Waals surface area contributed by atoms with Gasteiger partial charge in [0, 0.05) is 0 Å². The second kappa shape index (κ2) is 3.74. The lowest BCUT2D eigenvalue weighted by molar-refractivity contribution is -0.127. The summed E-state index contributed by atoms with van der Waals surface area (Å²) in [4.78, 5) is 22.9. The number of amides is 2. The van der Waals surface area contributed by atoms with Gasteiger partial charge in [0.1, 0.15) is 0 Å². The summed E-state index contributed by atoms with van der Waals surface area (Å²) in [5.74, 6) is -0.352. The lowest BCUT2D eigenvalue weighted by Gasteiger charge is -2.08. The monoisotopic (exact) mass is 217 g/mol. The molecule has 2 atom stereocenters. The van der Waals surface area contributed by atoms with E-state index in [9.17, 15) is 9.59 Å². The van der Waals surface area contributed by atoms with Gasteiger partial charge in [0.2, 0.25) is 11.8 Å². The van der Waals surface area contributed by atoms with E-state index in [-0.39, 0.29) is 17.7 Å². The van der Waals surface area contributed by atoms with Gasteiger partial charge in [-0.2, -0.15) is 0 Å². The second-order valence-electron chi connectivity index (χ2n) is 3.91. The number of fused-ring (bicyclic) bond motifs is 1. The summed E-state index contributed by atoms with van der Waals surface area (Å²) < 4.78 is 0. The first-order valence-electron chi connectivity index (χ1n) is 5.66. The molecule has 2 fully saturated rings. The van der Waals surface area contributed by atoms with Crippen LogP contribution < -0.4 is 5.32 Å². The number of carbonyl (C=O) groups excluding carboxylic acids is 2. The zero-order chi connectivity index (χ0) is 11.8. The highest BCUT2D eigenvalue weighted by atomic mass is 16.2. The molecule has 1 aromatic carbocycles. The molecule has 0 aromatic heterocycles. The lowest BCUT2D eigenvalue weighted by Crippen LogP contribution is -2.30. The van der Waals surface area contributed by atoms with Crippen LogP contribution in [-0.4, -0.2) is 11.8 Å². The molecule has 1 heterocycles. The van der Waals surface area contributed by atoms with Gasteiger partial charge in [-0.3, -0.25) is 14.9 Å². The number of hydrogen-bond donors (Lipinski definition) is 1. The molecule has 2 unspecified atom stereocenters. The van der Waals surface area contributed by atoms with Crippen LogP contribution in [0.2, 0.25) is 0 Å². The summed E-state index contributed by atoms with van der Waals surface area (Å²) >= 11 is 0. The Bertz CT molecular complexity index is 427. The van der Waals surface area contributed by atoms with E-state index in [1.54, 1.807) is 0 Å². The molecule has 3 heteroatoms. The number of hydrogen-bond acceptors (Lipinski definition) is 2. The van der Waals surface area contributed by atoms with Crippen LogP contribution in [0.3, 0.4) is 0 Å². The zero-order valence-electron chi connectivity index (χ0n) is 9.49. The number of imide groups is 1. The Balaban J connectivity index is 0.000000457. The average Bonchev–Trinajstić information content (AvgIpc) is 3.04. The van der Waals surface area contributed by atoms with Crippen molar-refractivity contribution in [2.45, 2.75) is 25.7 Å². The fourth-order valence-corrected chi connectivity index (χ4v) is 2.33. The van der Waals surface area contributed by atoms with Gasteiger partial charge >= 0.3 is 0 Å². The van der Waals surface area contributed by atoms with Crippen molar-refractivity contribution in [3.05, 3.63) is 35.9 Å². The van der Waals surface area contributed by atoms with E-state index in [0.29, 0.717) is 6.42 Å². The molecule has 3 nitrogen and oxygen atoms in total. The van der Waals surface area contributed by atoms with Crippen LogP contribution in [0.15, 0.2) is 30.3 Å². The lowest BCUT2D eigenvalue weighted by atomic mass is 9.94. The highest BCUT2D eigenvalue weighted by molar-refractivity contribution is 6.15. The van der Waals surface area contributed by atoms with Crippen LogP contribution in [0.4, 0.5) is 0 Å². The number of carbonyl (C=O) groups is 2. The summed E-state index contributed by atoms with van der Waals surface area (Å²) in [6.07, 6.45) is 0.682. The Kier molecular flexibility index (Phi) is 2.54. The first-order chi connectivity index (χ1) is 7.75. The van der Waals surface area contributed by atoms with E-state index in [0.717, 1.165) is 5.56 Å². The van der Waals surface area contributed by atoms with Crippen molar-refractivity contribution >= 4 is 11.8 Å². The van der Waals surface area contributed by atoms with Crippen LogP contribution in [-0.2, 0) is 15.0 Å². The van der Waals surface area contributed by atoms with Crippen molar-refractivity contribution in [2.75, 3.05) is 0 Å². The zero-order valence-corrected chi connectivity index (χ0v) is 9.49. The third-order valence-corrected chi connectivity index (χ3v) is 3.21. The van der Waals surface area contributed by atoms with Gasteiger partial charge in [0.25, 0.3) is 0 Å². The summed E-state index contributed by atoms with van der Waals surface area (Å²) in [7, 11) is 0. The first kappa shape index (κ1) is 10.9. The average molecular weight is 217 g/mol. The quantitative estimate of drug-likeness (QED) is 0.727. The number of piperidine rings is 1. The van der Waals surface area contributed by atoms with Gasteiger partial charge in [-0.05, 0) is 12.0 Å². The van der Waals surface area contributed by atoms with Gasteiger partial charge in [0.15, 0.2) is 0 Å². The fraction of sp³-hybridized carbons (Fsp3) is 0.385. The van der Waals surface area contributed by atoms with E-state index >= 15 is 0 Å². The molecule has 1 aliphatic heterocycles. The predicted molar refractivity (Wildman–Crippen MR) is 60.7 cm³/mol. The molecule has 1 saturated carbocycles. The SMILES string of the molecule is CC.O=C1NC(=O)C2(c3ccccc3)CC12. The smallest absolute Gasteiger partial charge is 0.238 e. The topological polar surface area (TPSA) is 46.2 Å². The fourth-order valence-electron chi connectivity index (χ4n) is 2.33. The van der Waals surface area contributed by atoms with Gasteiger partial charge in [-0.25, -0.2) is 0 Å². The van der Waals surface area contributed by atoms with Crippen molar-refractivity contribution in [2.24, 2.45) is 5.92 Å². The summed E-state index contributed by atoms with van der Waals surface area (Å²) in [5, 5.41) is 2.38. The van der Waals surface area contributed by atoms with E-state index in [1.165, 1.54) is 0 Å². The number of nitrogens with one attached hydrogen (secondary N) is 1. The number of rotatable bonds is 1. The molecular weight excluding hydrogens is 202 g/mol. The molecule has 1 N–H and O–H groups in total. The van der Waals surface area contributed by atoms with Gasteiger partial charge in [0.05, 0.1) is 11.3 Å². The van der Waals surface area contributed by atoms with Crippen LogP contribution in [0.5, 0.6) is 0 Å². The molecule has 0 bridgehead atoms. The van der Waals surface area contributed by atoms with E-state index in [2.05, 4.69) is 5.32 Å². The van der Waals surface area contributed by atoms with E-state index in [4.69, 9.17) is 0 Å². The van der Waals surface area contributed by atoms with Crippen molar-refractivity contribution in [3.8, 4) is 0 Å². The van der Waals surface area contributed by atoms with Gasteiger partial charge in [-0.1, -0.05) is 44.2 Å². The first-order valence-corrected chi connectivity index (χ1v) is 5.66. The summed E-state index contributed by atoms with van der Waals surface area (Å²) in [6, 6.07) is 9.54. The standard InChI is InChI=1S/C11H9NO2.C2H6/c13-9-8-6-11(8,10(14)12-9)7-4-2-1-3-5-7;1-2/h1-5,8H,6H2,(H,12,13,14);1-2H3. The third-order valence-electron chi connectivity index (χ3n) is 3.21. The van der Waals surface area contributed by atoms with Crippen molar-refractivity contribution in [1.29, 1.82) is 0 Å².